The molecule has 0 bridgehead atoms. The van der Waals surface area contributed by atoms with Crippen LogP contribution < -0.4 is 5.19 Å². The number of hydrogen-bond acceptors (Lipinski definition) is 1. The summed E-state index contributed by atoms with van der Waals surface area (Å²) in [6.07, 6.45) is 6.16. The highest BCUT2D eigenvalue weighted by atomic mass is 28.3. The molecule has 1 atom stereocenters. The van der Waals surface area contributed by atoms with Crippen molar-refractivity contribution in [2.45, 2.75) is 57.7 Å². The van der Waals surface area contributed by atoms with Crippen LogP contribution in [0.3, 0.4) is 0 Å². The van der Waals surface area contributed by atoms with Crippen LogP contribution in [0.5, 0.6) is 0 Å². The van der Waals surface area contributed by atoms with Crippen molar-refractivity contribution >= 4 is 13.3 Å². The molecular weight excluding hydrogens is 236 g/mol. The first-order valence-corrected chi connectivity index (χ1v) is 10.4. The van der Waals surface area contributed by atoms with E-state index in [2.05, 4.69) is 50.3 Å². The Morgan fingerprint density at radius 2 is 1.72 bits per heavy atom. The second kappa shape index (κ2) is 7.75. The van der Waals surface area contributed by atoms with Gasteiger partial charge in [0.1, 0.15) is 0 Å². The molecule has 0 aliphatic carbocycles. The van der Waals surface area contributed by atoms with Crippen molar-refractivity contribution in [2.75, 3.05) is 6.61 Å². The Morgan fingerprint density at radius 1 is 1.06 bits per heavy atom. The Labute approximate surface area is 113 Å². The molecule has 0 aromatic heterocycles. The normalized spacial score (nSPS) is 13.6. The molecule has 1 nitrogen and oxygen atoms in total. The second-order valence-corrected chi connectivity index (χ2v) is 10.6. The van der Waals surface area contributed by atoms with E-state index in [4.69, 9.17) is 0 Å². The van der Waals surface area contributed by atoms with E-state index in [-0.39, 0.29) is 0 Å². The molecule has 1 N–H and O–H groups in total. The Hall–Kier alpha value is -0.603. The Kier molecular flexibility index (Phi) is 6.65. The molecule has 0 radical (unpaired) electrons. The molecule has 1 aromatic carbocycles. The Bertz CT molecular complexity index is 321. The maximum absolute atomic E-state index is 9.33. The number of unbranched alkanes of at least 4 members (excludes halogenated alkanes) is 2. The predicted octanol–water partition coefficient (Wildman–Crippen LogP) is 3.93. The highest BCUT2D eigenvalue weighted by Gasteiger charge is 2.32. The smallest absolute Gasteiger partial charge is 0.0837 e. The van der Waals surface area contributed by atoms with Crippen molar-refractivity contribution in [2.24, 2.45) is 0 Å². The fourth-order valence-electron chi connectivity index (χ4n) is 2.77. The first-order valence-electron chi connectivity index (χ1n) is 7.29. The average molecular weight is 264 g/mol. The molecule has 1 unspecified atom stereocenters. The van der Waals surface area contributed by atoms with Crippen LogP contribution in [-0.4, -0.2) is 19.8 Å². The van der Waals surface area contributed by atoms with Gasteiger partial charge in [0.05, 0.1) is 8.07 Å². The number of rotatable bonds is 8. The van der Waals surface area contributed by atoms with Crippen LogP contribution in [0.15, 0.2) is 30.3 Å². The highest BCUT2D eigenvalue weighted by Crippen LogP contribution is 2.30. The fourth-order valence-corrected chi connectivity index (χ4v) is 6.07. The molecule has 0 aliphatic heterocycles. The van der Waals surface area contributed by atoms with Gasteiger partial charge in [-0.25, -0.2) is 0 Å². The van der Waals surface area contributed by atoms with Crippen LogP contribution in [0.2, 0.25) is 18.6 Å². The topological polar surface area (TPSA) is 20.2 Å². The van der Waals surface area contributed by atoms with Gasteiger partial charge in [0.15, 0.2) is 0 Å². The highest BCUT2D eigenvalue weighted by molar-refractivity contribution is 6.91. The quantitative estimate of drug-likeness (QED) is 0.557. The number of aliphatic hydroxyl groups excluding tert-OH is 1. The minimum atomic E-state index is -1.44. The zero-order valence-corrected chi connectivity index (χ0v) is 13.2. The standard InChI is InChI=1S/C16H28OSi/c1-4-5-7-10-16(13-14-17)18(2,3)15-11-8-6-9-12-15/h6,8-9,11-12,16-17H,4-5,7,10,13-14H2,1-3H3. The monoisotopic (exact) mass is 264 g/mol. The lowest BCUT2D eigenvalue weighted by atomic mass is 10.1. The van der Waals surface area contributed by atoms with Crippen molar-refractivity contribution in [3.05, 3.63) is 30.3 Å². The van der Waals surface area contributed by atoms with E-state index in [0.717, 1.165) is 6.42 Å². The molecule has 0 amide bonds. The van der Waals surface area contributed by atoms with Crippen molar-refractivity contribution in [1.82, 2.24) is 0 Å². The minimum absolute atomic E-state index is 0.333. The van der Waals surface area contributed by atoms with E-state index in [9.17, 15) is 5.11 Å². The summed E-state index contributed by atoms with van der Waals surface area (Å²) >= 11 is 0. The summed E-state index contributed by atoms with van der Waals surface area (Å²) in [5, 5.41) is 10.9. The summed E-state index contributed by atoms with van der Waals surface area (Å²) in [6, 6.07) is 10.9. The molecule has 0 saturated carbocycles. The Morgan fingerprint density at radius 3 is 2.28 bits per heavy atom. The van der Waals surface area contributed by atoms with Gasteiger partial charge < -0.3 is 5.11 Å². The van der Waals surface area contributed by atoms with Gasteiger partial charge in [0, 0.05) is 6.61 Å². The van der Waals surface area contributed by atoms with Crippen LogP contribution in [-0.2, 0) is 0 Å². The largest absolute Gasteiger partial charge is 0.396 e. The van der Waals surface area contributed by atoms with Crippen molar-refractivity contribution in [3.8, 4) is 0 Å². The maximum Gasteiger partial charge on any atom is 0.0837 e. The molecular formula is C16H28OSi. The summed E-state index contributed by atoms with van der Waals surface area (Å²) in [7, 11) is -1.44. The van der Waals surface area contributed by atoms with Gasteiger partial charge >= 0.3 is 0 Å². The molecule has 18 heavy (non-hydrogen) atoms. The van der Waals surface area contributed by atoms with E-state index >= 15 is 0 Å². The van der Waals surface area contributed by atoms with E-state index in [1.165, 1.54) is 30.9 Å². The van der Waals surface area contributed by atoms with Gasteiger partial charge in [-0.15, -0.1) is 0 Å². The lowest BCUT2D eigenvalue weighted by molar-refractivity contribution is 0.281. The zero-order valence-electron chi connectivity index (χ0n) is 12.2. The molecule has 2 heteroatoms. The van der Waals surface area contributed by atoms with Crippen molar-refractivity contribution in [1.29, 1.82) is 0 Å². The van der Waals surface area contributed by atoms with Crippen LogP contribution in [0.25, 0.3) is 0 Å². The molecule has 0 fully saturated rings. The average Bonchev–Trinajstić information content (AvgIpc) is 2.39. The SMILES string of the molecule is CCCCCC(CCO)[Si](C)(C)c1ccccc1. The van der Waals surface area contributed by atoms with Crippen LogP contribution in [0, 0.1) is 0 Å². The second-order valence-electron chi connectivity index (χ2n) is 5.79. The molecule has 0 saturated heterocycles. The predicted molar refractivity (Wildman–Crippen MR) is 83.2 cm³/mol. The molecule has 102 valence electrons. The number of hydrogen-bond donors (Lipinski definition) is 1. The summed E-state index contributed by atoms with van der Waals surface area (Å²) < 4.78 is 0. The molecule has 0 aliphatic rings. The van der Waals surface area contributed by atoms with Gasteiger partial charge in [0.25, 0.3) is 0 Å². The van der Waals surface area contributed by atoms with E-state index in [0.29, 0.717) is 12.1 Å². The third kappa shape index (κ3) is 4.25. The first-order chi connectivity index (χ1) is 8.62. The lowest BCUT2D eigenvalue weighted by Gasteiger charge is -2.33. The summed E-state index contributed by atoms with van der Waals surface area (Å²) in [6.45, 7) is 7.49. The summed E-state index contributed by atoms with van der Waals surface area (Å²) in [4.78, 5) is 0. The minimum Gasteiger partial charge on any atom is -0.396 e. The summed E-state index contributed by atoms with van der Waals surface area (Å²) in [5.74, 6) is 0. The molecule has 1 aromatic rings. The fraction of sp³-hybridized carbons (Fsp3) is 0.625. The van der Waals surface area contributed by atoms with Crippen molar-refractivity contribution < 1.29 is 5.11 Å². The van der Waals surface area contributed by atoms with Gasteiger partial charge in [-0.2, -0.15) is 0 Å². The van der Waals surface area contributed by atoms with Gasteiger partial charge in [-0.05, 0) is 12.0 Å². The molecule has 0 heterocycles. The van der Waals surface area contributed by atoms with Crippen LogP contribution >= 0.6 is 0 Å². The molecule has 0 spiro atoms. The van der Waals surface area contributed by atoms with E-state index in [1.807, 2.05) is 0 Å². The summed E-state index contributed by atoms with van der Waals surface area (Å²) in [5.41, 5.74) is 0.705. The Balaban J connectivity index is 2.76. The molecule has 1 rings (SSSR count). The van der Waals surface area contributed by atoms with Gasteiger partial charge in [-0.3, -0.25) is 0 Å². The van der Waals surface area contributed by atoms with Crippen molar-refractivity contribution in [3.63, 3.8) is 0 Å². The van der Waals surface area contributed by atoms with Crippen LogP contribution in [0.4, 0.5) is 0 Å². The third-order valence-corrected chi connectivity index (χ3v) is 8.61. The van der Waals surface area contributed by atoms with Crippen LogP contribution in [0.1, 0.15) is 39.0 Å². The number of benzene rings is 1. The van der Waals surface area contributed by atoms with Gasteiger partial charge in [-0.1, -0.05) is 81.2 Å². The zero-order chi connectivity index (χ0) is 13.4. The maximum atomic E-state index is 9.33. The van der Waals surface area contributed by atoms with E-state index < -0.39 is 8.07 Å². The first kappa shape index (κ1) is 15.5. The number of aliphatic hydroxyl groups is 1. The third-order valence-electron chi connectivity index (χ3n) is 4.17. The lowest BCUT2D eigenvalue weighted by Crippen LogP contribution is -2.46. The van der Waals surface area contributed by atoms with E-state index in [1.54, 1.807) is 0 Å². The van der Waals surface area contributed by atoms with Gasteiger partial charge in [0.2, 0.25) is 0 Å².